The Morgan fingerprint density at radius 3 is 2.54 bits per heavy atom. The monoisotopic (exact) mass is 379 g/mol. The molecule has 0 bridgehead atoms. The smallest absolute Gasteiger partial charge is 0.308 e. The number of carbonyl (C=O) groups excluding carboxylic acids is 1. The number of benzene rings is 2. The predicted molar refractivity (Wildman–Crippen MR) is 108 cm³/mol. The summed E-state index contributed by atoms with van der Waals surface area (Å²) in [4.78, 5) is 24.3. The summed E-state index contributed by atoms with van der Waals surface area (Å²) in [6.45, 7) is 4.01. The molecule has 1 aromatic heterocycles. The Morgan fingerprint density at radius 1 is 1.14 bits per heavy atom. The quantitative estimate of drug-likeness (QED) is 0.659. The van der Waals surface area contributed by atoms with Crippen molar-refractivity contribution in [2.24, 2.45) is 13.0 Å². The lowest BCUT2D eigenvalue weighted by Gasteiger charge is -2.14. The van der Waals surface area contributed by atoms with Crippen LogP contribution >= 0.6 is 0 Å². The molecule has 0 saturated heterocycles. The maximum atomic E-state index is 12.6. The van der Waals surface area contributed by atoms with Gasteiger partial charge >= 0.3 is 5.97 Å². The zero-order chi connectivity index (χ0) is 20.3. The fourth-order valence-electron chi connectivity index (χ4n) is 3.32. The number of nitrogens with zero attached hydrogens (tertiary/aromatic N) is 2. The third-order valence-electron chi connectivity index (χ3n) is 4.80. The topological polar surface area (TPSA) is 84.2 Å². The SMILES string of the molecule is CC(C)c1nn(C)cc1C(=O)NCC(Cc1ccc2ccccc2c1)C(=O)O. The van der Waals surface area contributed by atoms with E-state index < -0.39 is 11.9 Å². The lowest BCUT2D eigenvalue weighted by atomic mass is 9.97. The van der Waals surface area contributed by atoms with Gasteiger partial charge < -0.3 is 10.4 Å². The molecule has 6 heteroatoms. The standard InChI is InChI=1S/C22H25N3O3/c1-14(2)20-19(13-25(3)24-20)21(26)23-12-18(22(27)28)11-15-8-9-16-6-4-5-7-17(16)10-15/h4-10,13-14,18H,11-12H2,1-3H3,(H,23,26)(H,27,28). The van der Waals surface area contributed by atoms with Crippen LogP contribution in [0.3, 0.4) is 0 Å². The molecule has 3 aromatic rings. The minimum Gasteiger partial charge on any atom is -0.481 e. The first-order valence-electron chi connectivity index (χ1n) is 9.37. The summed E-state index contributed by atoms with van der Waals surface area (Å²) < 4.78 is 1.61. The predicted octanol–water partition coefficient (Wildman–Crippen LogP) is 3.37. The summed E-state index contributed by atoms with van der Waals surface area (Å²) in [5.74, 6) is -1.82. The molecule has 1 atom stereocenters. The number of nitrogens with one attached hydrogen (secondary N) is 1. The molecule has 0 saturated carbocycles. The molecule has 1 unspecified atom stereocenters. The molecule has 0 spiro atoms. The van der Waals surface area contributed by atoms with Crippen LogP contribution in [0.25, 0.3) is 10.8 Å². The summed E-state index contributed by atoms with van der Waals surface area (Å²) in [6, 6.07) is 13.9. The van der Waals surface area contributed by atoms with E-state index in [0.29, 0.717) is 17.7 Å². The highest BCUT2D eigenvalue weighted by atomic mass is 16.4. The summed E-state index contributed by atoms with van der Waals surface area (Å²) in [5.41, 5.74) is 2.14. The molecule has 1 heterocycles. The van der Waals surface area contributed by atoms with Gasteiger partial charge in [0.1, 0.15) is 0 Å². The normalized spacial score (nSPS) is 12.3. The summed E-state index contributed by atoms with van der Waals surface area (Å²) in [6.07, 6.45) is 2.02. The number of carbonyl (C=O) groups is 2. The van der Waals surface area contributed by atoms with Gasteiger partial charge in [0.05, 0.1) is 17.2 Å². The number of hydrogen-bond donors (Lipinski definition) is 2. The van der Waals surface area contributed by atoms with Gasteiger partial charge in [-0.25, -0.2) is 0 Å². The highest BCUT2D eigenvalue weighted by Crippen LogP contribution is 2.19. The van der Waals surface area contributed by atoms with E-state index in [0.717, 1.165) is 16.3 Å². The van der Waals surface area contributed by atoms with Gasteiger partial charge in [0.25, 0.3) is 5.91 Å². The molecule has 0 radical (unpaired) electrons. The second-order valence-electron chi connectivity index (χ2n) is 7.39. The van der Waals surface area contributed by atoms with Crippen LogP contribution in [0, 0.1) is 5.92 Å². The maximum absolute atomic E-state index is 12.6. The number of amides is 1. The van der Waals surface area contributed by atoms with Gasteiger partial charge in [0, 0.05) is 19.8 Å². The lowest BCUT2D eigenvalue weighted by molar-refractivity contribution is -0.141. The van der Waals surface area contributed by atoms with Gasteiger partial charge in [-0.3, -0.25) is 14.3 Å². The molecule has 0 fully saturated rings. The molecule has 1 amide bonds. The van der Waals surface area contributed by atoms with Gasteiger partial charge in [-0.2, -0.15) is 5.10 Å². The first kappa shape index (κ1) is 19.6. The van der Waals surface area contributed by atoms with Crippen molar-refractivity contribution in [1.29, 1.82) is 0 Å². The van der Waals surface area contributed by atoms with Crippen molar-refractivity contribution < 1.29 is 14.7 Å². The number of hydrogen-bond acceptors (Lipinski definition) is 3. The highest BCUT2D eigenvalue weighted by Gasteiger charge is 2.22. The molecule has 0 aliphatic carbocycles. The lowest BCUT2D eigenvalue weighted by Crippen LogP contribution is -2.34. The number of aryl methyl sites for hydroxylation is 1. The van der Waals surface area contributed by atoms with Crippen molar-refractivity contribution >= 4 is 22.6 Å². The second kappa shape index (κ2) is 8.25. The minimum absolute atomic E-state index is 0.0629. The molecular formula is C22H25N3O3. The Bertz CT molecular complexity index is 1010. The molecule has 2 aromatic carbocycles. The summed E-state index contributed by atoms with van der Waals surface area (Å²) in [5, 5.41) is 18.9. The van der Waals surface area contributed by atoms with Crippen LogP contribution in [0.1, 0.15) is 41.4 Å². The third-order valence-corrected chi connectivity index (χ3v) is 4.80. The van der Waals surface area contributed by atoms with E-state index in [4.69, 9.17) is 0 Å². The Balaban J connectivity index is 1.71. The highest BCUT2D eigenvalue weighted by molar-refractivity contribution is 5.95. The first-order chi connectivity index (χ1) is 13.3. The van der Waals surface area contributed by atoms with Gasteiger partial charge in [-0.15, -0.1) is 0 Å². The van der Waals surface area contributed by atoms with Crippen molar-refractivity contribution in [2.45, 2.75) is 26.2 Å². The first-order valence-corrected chi connectivity index (χ1v) is 9.37. The Morgan fingerprint density at radius 2 is 1.86 bits per heavy atom. The number of fused-ring (bicyclic) bond motifs is 1. The van der Waals surface area contributed by atoms with Crippen molar-refractivity contribution in [3.63, 3.8) is 0 Å². The van der Waals surface area contributed by atoms with Crippen LogP contribution < -0.4 is 5.32 Å². The van der Waals surface area contributed by atoms with E-state index in [-0.39, 0.29) is 18.4 Å². The molecule has 146 valence electrons. The van der Waals surface area contributed by atoms with Crippen LogP contribution in [-0.4, -0.2) is 33.3 Å². The van der Waals surface area contributed by atoms with Crippen LogP contribution in [0.5, 0.6) is 0 Å². The number of carboxylic acid groups (broad SMARTS) is 1. The van der Waals surface area contributed by atoms with Gasteiger partial charge in [-0.05, 0) is 28.7 Å². The van der Waals surface area contributed by atoms with E-state index in [1.165, 1.54) is 0 Å². The molecule has 0 aliphatic heterocycles. The Labute approximate surface area is 164 Å². The Kier molecular flexibility index (Phi) is 5.78. The fraction of sp³-hybridized carbons (Fsp3) is 0.318. The average Bonchev–Trinajstić information content (AvgIpc) is 3.06. The van der Waals surface area contributed by atoms with E-state index in [2.05, 4.69) is 10.4 Å². The van der Waals surface area contributed by atoms with Crippen molar-refractivity contribution in [1.82, 2.24) is 15.1 Å². The molecule has 3 rings (SSSR count). The molecule has 2 N–H and O–H groups in total. The summed E-state index contributed by atoms with van der Waals surface area (Å²) >= 11 is 0. The average molecular weight is 379 g/mol. The van der Waals surface area contributed by atoms with Crippen LogP contribution in [0.15, 0.2) is 48.7 Å². The van der Waals surface area contributed by atoms with Crippen molar-refractivity contribution in [2.75, 3.05) is 6.54 Å². The fourth-order valence-corrected chi connectivity index (χ4v) is 3.32. The number of carboxylic acids is 1. The number of rotatable bonds is 7. The van der Waals surface area contributed by atoms with E-state index in [1.54, 1.807) is 17.9 Å². The molecule has 6 nitrogen and oxygen atoms in total. The molecule has 28 heavy (non-hydrogen) atoms. The van der Waals surface area contributed by atoms with E-state index in [1.807, 2.05) is 56.3 Å². The van der Waals surface area contributed by atoms with Crippen molar-refractivity contribution in [3.8, 4) is 0 Å². The van der Waals surface area contributed by atoms with Crippen molar-refractivity contribution in [3.05, 3.63) is 65.5 Å². The third kappa shape index (κ3) is 4.39. The van der Waals surface area contributed by atoms with Gasteiger partial charge in [0.2, 0.25) is 0 Å². The van der Waals surface area contributed by atoms with E-state index in [9.17, 15) is 14.7 Å². The van der Waals surface area contributed by atoms with Gasteiger partial charge in [-0.1, -0.05) is 56.3 Å². The second-order valence-corrected chi connectivity index (χ2v) is 7.39. The zero-order valence-electron chi connectivity index (χ0n) is 16.3. The largest absolute Gasteiger partial charge is 0.481 e. The number of aromatic nitrogens is 2. The molecular weight excluding hydrogens is 354 g/mol. The van der Waals surface area contributed by atoms with Crippen LogP contribution in [0.2, 0.25) is 0 Å². The van der Waals surface area contributed by atoms with Gasteiger partial charge in [0.15, 0.2) is 0 Å². The number of aliphatic carboxylic acids is 1. The maximum Gasteiger partial charge on any atom is 0.308 e. The van der Waals surface area contributed by atoms with Crippen LogP contribution in [0.4, 0.5) is 0 Å². The minimum atomic E-state index is -0.927. The summed E-state index contributed by atoms with van der Waals surface area (Å²) in [7, 11) is 1.77. The Hall–Kier alpha value is -3.15. The zero-order valence-corrected chi connectivity index (χ0v) is 16.3. The van der Waals surface area contributed by atoms with Crippen LogP contribution in [-0.2, 0) is 18.3 Å². The molecule has 0 aliphatic rings. The van der Waals surface area contributed by atoms with E-state index >= 15 is 0 Å².